The highest BCUT2D eigenvalue weighted by Crippen LogP contribution is 2.20. The van der Waals surface area contributed by atoms with E-state index in [1.54, 1.807) is 28.3 Å². The summed E-state index contributed by atoms with van der Waals surface area (Å²) in [5, 5.41) is 7.08. The molecule has 0 saturated carbocycles. The molecule has 3 heterocycles. The van der Waals surface area contributed by atoms with Crippen LogP contribution in [0.1, 0.15) is 65.2 Å². The zero-order chi connectivity index (χ0) is 26.5. The normalized spacial score (nSPS) is 18.6. The number of carbonyl (C=O) groups excluding carboxylic acids is 4. The van der Waals surface area contributed by atoms with E-state index < -0.39 is 11.9 Å². The second-order valence-corrected chi connectivity index (χ2v) is 9.78. The lowest BCUT2D eigenvalue weighted by molar-refractivity contribution is -0.151. The van der Waals surface area contributed by atoms with Crippen molar-refractivity contribution in [1.82, 2.24) is 24.9 Å². The van der Waals surface area contributed by atoms with E-state index in [9.17, 15) is 19.2 Å². The minimum Gasteiger partial charge on any atom is -0.466 e. The number of fused-ring (bicyclic) bond motifs is 1. The van der Waals surface area contributed by atoms with Crippen LogP contribution in [-0.4, -0.2) is 75.6 Å². The topological polar surface area (TPSA) is 114 Å². The number of rotatable bonds is 7. The van der Waals surface area contributed by atoms with Crippen LogP contribution in [0.15, 0.2) is 30.3 Å². The highest BCUT2D eigenvalue weighted by atomic mass is 16.5. The number of amides is 3. The van der Waals surface area contributed by atoms with Crippen LogP contribution in [0.5, 0.6) is 0 Å². The molecule has 1 N–H and O–H groups in total. The first kappa shape index (κ1) is 26.4. The van der Waals surface area contributed by atoms with Gasteiger partial charge in [0.15, 0.2) is 5.69 Å². The fourth-order valence-electron chi connectivity index (χ4n) is 4.96. The van der Waals surface area contributed by atoms with Crippen molar-refractivity contribution in [2.75, 3.05) is 26.2 Å². The summed E-state index contributed by atoms with van der Waals surface area (Å²) in [6.45, 7) is 8.11. The minimum absolute atomic E-state index is 0.100. The molecular weight excluding hydrogens is 474 g/mol. The van der Waals surface area contributed by atoms with Gasteiger partial charge in [0.1, 0.15) is 11.7 Å². The summed E-state index contributed by atoms with van der Waals surface area (Å²) in [7, 11) is 0. The lowest BCUT2D eigenvalue weighted by Crippen LogP contribution is -2.51. The van der Waals surface area contributed by atoms with Crippen LogP contribution < -0.4 is 5.32 Å². The van der Waals surface area contributed by atoms with Crippen molar-refractivity contribution in [3.63, 3.8) is 0 Å². The van der Waals surface area contributed by atoms with Crippen LogP contribution in [0.25, 0.3) is 0 Å². The van der Waals surface area contributed by atoms with E-state index in [0.717, 1.165) is 17.5 Å². The zero-order valence-electron chi connectivity index (χ0n) is 21.7. The summed E-state index contributed by atoms with van der Waals surface area (Å²) in [4.78, 5) is 54.7. The summed E-state index contributed by atoms with van der Waals surface area (Å²) in [6, 6.07) is 8.75. The molecule has 2 aliphatic rings. The van der Waals surface area contributed by atoms with Gasteiger partial charge in [-0.1, -0.05) is 29.8 Å². The summed E-state index contributed by atoms with van der Waals surface area (Å²) in [5.74, 6) is -1.59. The average molecular weight is 510 g/mol. The first-order chi connectivity index (χ1) is 17.8. The standard InChI is InChI=1S/C27H35N5O5/c1-4-37-27(36)21-10-6-11-31(17-21)25(34)19(3)28-24(33)22-15-23-26(35)30(12-7-13-32(23)29-22)16-20-9-5-8-18(2)14-20/h5,8-9,14-15,19,21H,4,6-7,10-13,16-17H2,1-3H3,(H,28,33)/t19-,21-/m1/s1. The van der Waals surface area contributed by atoms with Gasteiger partial charge in [0.05, 0.1) is 12.5 Å². The number of hydrogen-bond acceptors (Lipinski definition) is 6. The summed E-state index contributed by atoms with van der Waals surface area (Å²) >= 11 is 0. The fourth-order valence-corrected chi connectivity index (χ4v) is 4.96. The second-order valence-electron chi connectivity index (χ2n) is 9.78. The first-order valence-corrected chi connectivity index (χ1v) is 13.0. The smallest absolute Gasteiger partial charge is 0.310 e. The lowest BCUT2D eigenvalue weighted by atomic mass is 9.97. The molecule has 2 aliphatic heterocycles. The Morgan fingerprint density at radius 1 is 1.16 bits per heavy atom. The maximum absolute atomic E-state index is 13.3. The third-order valence-corrected chi connectivity index (χ3v) is 6.84. The van der Waals surface area contributed by atoms with Crippen LogP contribution in [-0.2, 0) is 27.4 Å². The van der Waals surface area contributed by atoms with Crippen LogP contribution in [0, 0.1) is 12.8 Å². The van der Waals surface area contributed by atoms with Gasteiger partial charge >= 0.3 is 5.97 Å². The summed E-state index contributed by atoms with van der Waals surface area (Å²) in [5.41, 5.74) is 2.65. The van der Waals surface area contributed by atoms with Crippen molar-refractivity contribution in [2.24, 2.45) is 5.92 Å². The van der Waals surface area contributed by atoms with Crippen LogP contribution in [0.3, 0.4) is 0 Å². The maximum atomic E-state index is 13.3. The van der Waals surface area contributed by atoms with Crippen LogP contribution in [0.4, 0.5) is 0 Å². The van der Waals surface area contributed by atoms with Crippen molar-refractivity contribution in [3.8, 4) is 0 Å². The van der Waals surface area contributed by atoms with Crippen molar-refractivity contribution in [2.45, 2.75) is 59.2 Å². The number of esters is 1. The monoisotopic (exact) mass is 509 g/mol. The second kappa shape index (κ2) is 11.6. The van der Waals surface area contributed by atoms with Gasteiger partial charge < -0.3 is 19.9 Å². The number of piperidine rings is 1. The van der Waals surface area contributed by atoms with Gasteiger partial charge in [-0.25, -0.2) is 0 Å². The van der Waals surface area contributed by atoms with E-state index in [4.69, 9.17) is 4.74 Å². The number of nitrogens with one attached hydrogen (secondary N) is 1. The number of carbonyl (C=O) groups is 4. The Morgan fingerprint density at radius 2 is 1.97 bits per heavy atom. The van der Waals surface area contributed by atoms with E-state index in [1.165, 1.54) is 6.07 Å². The molecule has 1 saturated heterocycles. The Hall–Kier alpha value is -3.69. The van der Waals surface area contributed by atoms with Crippen LogP contribution >= 0.6 is 0 Å². The molecular formula is C27H35N5O5. The summed E-state index contributed by atoms with van der Waals surface area (Å²) in [6.07, 6.45) is 2.10. The molecule has 10 nitrogen and oxygen atoms in total. The molecule has 10 heteroatoms. The molecule has 2 aromatic rings. The van der Waals surface area contributed by atoms with Gasteiger partial charge in [-0.05, 0) is 45.6 Å². The number of benzene rings is 1. The maximum Gasteiger partial charge on any atom is 0.310 e. The van der Waals surface area contributed by atoms with Crippen molar-refractivity contribution >= 4 is 23.7 Å². The molecule has 2 atom stereocenters. The number of hydrogen-bond donors (Lipinski definition) is 1. The van der Waals surface area contributed by atoms with E-state index in [-0.39, 0.29) is 35.9 Å². The predicted octanol–water partition coefficient (Wildman–Crippen LogP) is 2.16. The molecule has 37 heavy (non-hydrogen) atoms. The largest absolute Gasteiger partial charge is 0.466 e. The molecule has 4 rings (SSSR count). The number of aromatic nitrogens is 2. The highest BCUT2D eigenvalue weighted by Gasteiger charge is 2.32. The molecule has 0 radical (unpaired) electrons. The van der Waals surface area contributed by atoms with Crippen molar-refractivity contribution in [3.05, 3.63) is 52.8 Å². The van der Waals surface area contributed by atoms with E-state index >= 15 is 0 Å². The van der Waals surface area contributed by atoms with Gasteiger partial charge in [0, 0.05) is 38.8 Å². The third-order valence-electron chi connectivity index (χ3n) is 6.84. The predicted molar refractivity (Wildman–Crippen MR) is 136 cm³/mol. The lowest BCUT2D eigenvalue weighted by Gasteiger charge is -2.33. The molecule has 0 unspecified atom stereocenters. The van der Waals surface area contributed by atoms with Crippen molar-refractivity contribution in [1.29, 1.82) is 0 Å². The van der Waals surface area contributed by atoms with Crippen LogP contribution in [0.2, 0.25) is 0 Å². The Morgan fingerprint density at radius 3 is 2.73 bits per heavy atom. The van der Waals surface area contributed by atoms with Gasteiger partial charge in [-0.15, -0.1) is 0 Å². The number of aryl methyl sites for hydroxylation is 2. The molecule has 198 valence electrons. The number of nitrogens with zero attached hydrogens (tertiary/aromatic N) is 4. The summed E-state index contributed by atoms with van der Waals surface area (Å²) < 4.78 is 6.69. The third kappa shape index (κ3) is 6.18. The van der Waals surface area contributed by atoms with Crippen molar-refractivity contribution < 1.29 is 23.9 Å². The average Bonchev–Trinajstić information content (AvgIpc) is 3.26. The Bertz CT molecular complexity index is 1180. The number of likely N-dealkylation sites (tertiary alicyclic amines) is 1. The molecule has 1 aromatic heterocycles. The Balaban J connectivity index is 1.39. The molecule has 0 spiro atoms. The SMILES string of the molecule is CCOC(=O)[C@@H]1CCCN(C(=O)[C@@H](C)NC(=O)c2cc3n(n2)CCCN(Cc2cccc(C)c2)C3=O)C1. The highest BCUT2D eigenvalue weighted by molar-refractivity contribution is 5.99. The van der Waals surface area contributed by atoms with Gasteiger partial charge in [-0.2, -0.15) is 5.10 Å². The molecule has 3 amide bonds. The number of ether oxygens (including phenoxy) is 1. The molecule has 1 fully saturated rings. The van der Waals surface area contributed by atoms with Gasteiger partial charge in [0.25, 0.3) is 11.8 Å². The van der Waals surface area contributed by atoms with E-state index in [1.807, 2.05) is 25.1 Å². The van der Waals surface area contributed by atoms with Gasteiger partial charge in [-0.3, -0.25) is 23.9 Å². The first-order valence-electron chi connectivity index (χ1n) is 13.0. The Labute approximate surface area is 216 Å². The zero-order valence-corrected chi connectivity index (χ0v) is 21.7. The molecule has 0 aliphatic carbocycles. The quantitative estimate of drug-likeness (QED) is 0.572. The molecule has 1 aromatic carbocycles. The van der Waals surface area contributed by atoms with E-state index in [2.05, 4.69) is 16.5 Å². The van der Waals surface area contributed by atoms with E-state index in [0.29, 0.717) is 51.3 Å². The Kier molecular flexibility index (Phi) is 8.25. The minimum atomic E-state index is -0.802. The molecule has 0 bridgehead atoms. The fraction of sp³-hybridized carbons (Fsp3) is 0.519. The van der Waals surface area contributed by atoms with Gasteiger partial charge in [0.2, 0.25) is 5.91 Å².